The normalized spacial score (nSPS) is 12.4. The molecule has 0 atom stereocenters. The molecule has 0 aliphatic carbocycles. The minimum atomic E-state index is -4.79. The molecule has 0 spiro atoms. The van der Waals surface area contributed by atoms with E-state index in [-0.39, 0.29) is 45.8 Å². The van der Waals surface area contributed by atoms with Gasteiger partial charge in [0.1, 0.15) is 5.78 Å². The first kappa shape index (κ1) is 25.1. The van der Waals surface area contributed by atoms with Crippen molar-refractivity contribution in [2.24, 2.45) is 0 Å². The summed E-state index contributed by atoms with van der Waals surface area (Å²) in [7, 11) is -4.15. The number of carbonyl (C=O) groups excluding carboxylic acids is 1. The maximum atomic E-state index is 13.9. The number of rotatable bonds is 7. The Kier molecular flexibility index (Phi) is 6.62. The number of alkyl halides is 3. The molecule has 0 fully saturated rings. The van der Waals surface area contributed by atoms with Gasteiger partial charge in [0.25, 0.3) is 10.0 Å². The van der Waals surface area contributed by atoms with Crippen molar-refractivity contribution < 1.29 is 26.4 Å². The molecule has 0 radical (unpaired) electrons. The third-order valence-electron chi connectivity index (χ3n) is 5.39. The van der Waals surface area contributed by atoms with Crippen molar-refractivity contribution in [3.05, 3.63) is 64.7 Å². The number of fused-ring (bicyclic) bond motifs is 1. The van der Waals surface area contributed by atoms with E-state index in [1.165, 1.54) is 37.5 Å². The molecule has 0 aliphatic heterocycles. The van der Waals surface area contributed by atoms with Gasteiger partial charge < -0.3 is 4.79 Å². The number of aromatic nitrogens is 4. The Hall–Kier alpha value is -2.99. The molecule has 0 bridgehead atoms. The third-order valence-corrected chi connectivity index (χ3v) is 7.49. The fourth-order valence-corrected chi connectivity index (χ4v) is 5.36. The Morgan fingerprint density at radius 2 is 1.80 bits per heavy atom. The van der Waals surface area contributed by atoms with Crippen LogP contribution in [0.2, 0.25) is 0 Å². The van der Waals surface area contributed by atoms with Gasteiger partial charge in [-0.3, -0.25) is 4.68 Å². The Balaban J connectivity index is 1.92. The minimum Gasteiger partial charge on any atom is -0.300 e. The summed E-state index contributed by atoms with van der Waals surface area (Å²) < 4.78 is 71.1. The standard InChI is InChI=1S/C23H20BrF3N4O3S/c1-14-5-7-17(8-6-14)35(33,34)31-13-19(18-10-16(24)11-28-22(18)31)20-12-30(9-3-4-15(2)32)29-21(20)23(25,26)27/h5-8,10-13H,3-4,9H2,1-2H3. The summed E-state index contributed by atoms with van der Waals surface area (Å²) in [6, 6.07) is 7.66. The van der Waals surface area contributed by atoms with Crippen molar-refractivity contribution >= 4 is 42.8 Å². The van der Waals surface area contributed by atoms with Crippen LogP contribution in [0, 0.1) is 6.92 Å². The van der Waals surface area contributed by atoms with Gasteiger partial charge in [-0.2, -0.15) is 18.3 Å². The summed E-state index contributed by atoms with van der Waals surface area (Å²) in [5, 5.41) is 3.92. The number of nitrogens with zero attached hydrogens (tertiary/aromatic N) is 4. The van der Waals surface area contributed by atoms with Gasteiger partial charge in [-0.15, -0.1) is 0 Å². The van der Waals surface area contributed by atoms with E-state index in [9.17, 15) is 26.4 Å². The molecule has 4 aromatic rings. The van der Waals surface area contributed by atoms with E-state index in [1.54, 1.807) is 12.1 Å². The summed E-state index contributed by atoms with van der Waals surface area (Å²) in [5.41, 5.74) is -0.554. The molecular formula is C23H20BrF3N4O3S. The quantitative estimate of drug-likeness (QED) is 0.290. The first-order valence-electron chi connectivity index (χ1n) is 10.5. The van der Waals surface area contributed by atoms with Gasteiger partial charge in [0, 0.05) is 52.5 Å². The molecule has 0 unspecified atom stereocenters. The predicted molar refractivity (Wildman–Crippen MR) is 127 cm³/mol. The van der Waals surface area contributed by atoms with Crippen LogP contribution in [0.4, 0.5) is 13.2 Å². The van der Waals surface area contributed by atoms with Crippen molar-refractivity contribution in [3.8, 4) is 11.1 Å². The van der Waals surface area contributed by atoms with Crippen molar-refractivity contribution in [2.75, 3.05) is 0 Å². The van der Waals surface area contributed by atoms with E-state index in [0.717, 1.165) is 20.4 Å². The van der Waals surface area contributed by atoms with Crippen molar-refractivity contribution in [1.82, 2.24) is 18.7 Å². The monoisotopic (exact) mass is 568 g/mol. The number of Topliss-reactive ketones (excluding diaryl/α,β-unsaturated/α-hetero) is 1. The number of benzene rings is 1. The van der Waals surface area contributed by atoms with Gasteiger partial charge in [0.2, 0.25) is 0 Å². The molecule has 35 heavy (non-hydrogen) atoms. The van der Waals surface area contributed by atoms with Crippen LogP contribution in [0.25, 0.3) is 22.2 Å². The lowest BCUT2D eigenvalue weighted by atomic mass is 10.1. The molecule has 12 heteroatoms. The molecule has 184 valence electrons. The van der Waals surface area contributed by atoms with Gasteiger partial charge in [-0.1, -0.05) is 17.7 Å². The Labute approximate surface area is 207 Å². The fourth-order valence-electron chi connectivity index (χ4n) is 3.71. The fraction of sp³-hybridized carbons (Fsp3) is 0.261. The molecule has 3 aromatic heterocycles. The minimum absolute atomic E-state index is 0.0128. The highest BCUT2D eigenvalue weighted by molar-refractivity contribution is 9.10. The maximum absolute atomic E-state index is 13.9. The topological polar surface area (TPSA) is 86.9 Å². The zero-order chi connectivity index (χ0) is 25.5. The summed E-state index contributed by atoms with van der Waals surface area (Å²) >= 11 is 3.27. The first-order valence-corrected chi connectivity index (χ1v) is 12.7. The summed E-state index contributed by atoms with van der Waals surface area (Å²) in [6.45, 7) is 3.32. The van der Waals surface area contributed by atoms with Crippen LogP contribution in [0.5, 0.6) is 0 Å². The summed E-state index contributed by atoms with van der Waals surface area (Å²) in [6.07, 6.45) is -0.507. The van der Waals surface area contributed by atoms with Crippen LogP contribution in [-0.4, -0.2) is 32.9 Å². The van der Waals surface area contributed by atoms with Crippen LogP contribution in [0.15, 0.2) is 58.3 Å². The smallest absolute Gasteiger partial charge is 0.300 e. The van der Waals surface area contributed by atoms with Crippen LogP contribution >= 0.6 is 15.9 Å². The molecule has 3 heterocycles. The number of hydrogen-bond acceptors (Lipinski definition) is 5. The van der Waals surface area contributed by atoms with E-state index in [0.29, 0.717) is 10.9 Å². The first-order chi connectivity index (χ1) is 16.4. The number of aryl methyl sites for hydroxylation is 2. The second-order valence-corrected chi connectivity index (χ2v) is 10.9. The summed E-state index contributed by atoms with van der Waals surface area (Å²) in [4.78, 5) is 15.4. The molecule has 1 aromatic carbocycles. The van der Waals surface area contributed by atoms with Crippen LogP contribution in [-0.2, 0) is 27.5 Å². The number of carbonyl (C=O) groups is 1. The Bertz CT molecular complexity index is 1520. The molecule has 0 amide bonds. The second kappa shape index (κ2) is 9.23. The van der Waals surface area contributed by atoms with E-state index < -0.39 is 21.9 Å². The zero-order valence-electron chi connectivity index (χ0n) is 18.7. The van der Waals surface area contributed by atoms with E-state index in [2.05, 4.69) is 26.0 Å². The molecule has 0 saturated heterocycles. The Morgan fingerprint density at radius 1 is 1.11 bits per heavy atom. The third kappa shape index (κ3) is 5.03. The largest absolute Gasteiger partial charge is 0.435 e. The molecule has 4 rings (SSSR count). The van der Waals surface area contributed by atoms with Gasteiger partial charge in [0.15, 0.2) is 11.3 Å². The molecule has 0 saturated carbocycles. The van der Waals surface area contributed by atoms with Crippen molar-refractivity contribution in [1.29, 1.82) is 0 Å². The lowest BCUT2D eigenvalue weighted by molar-refractivity contribution is -0.141. The molecule has 7 nitrogen and oxygen atoms in total. The average Bonchev–Trinajstić information content (AvgIpc) is 3.35. The highest BCUT2D eigenvalue weighted by atomic mass is 79.9. The Morgan fingerprint density at radius 3 is 2.43 bits per heavy atom. The number of ketones is 1. The van der Waals surface area contributed by atoms with E-state index in [1.807, 2.05) is 6.92 Å². The molecular weight excluding hydrogens is 549 g/mol. The van der Waals surface area contributed by atoms with Gasteiger partial charge in [0.05, 0.1) is 4.90 Å². The highest BCUT2D eigenvalue weighted by Crippen LogP contribution is 2.40. The number of halogens is 4. The molecule has 0 N–H and O–H groups in total. The second-order valence-electron chi connectivity index (χ2n) is 8.14. The van der Waals surface area contributed by atoms with Crippen LogP contribution in [0.1, 0.15) is 31.0 Å². The maximum Gasteiger partial charge on any atom is 0.435 e. The van der Waals surface area contributed by atoms with Crippen LogP contribution in [0.3, 0.4) is 0 Å². The molecule has 0 aliphatic rings. The average molecular weight is 569 g/mol. The zero-order valence-corrected chi connectivity index (χ0v) is 21.1. The van der Waals surface area contributed by atoms with E-state index in [4.69, 9.17) is 0 Å². The van der Waals surface area contributed by atoms with Crippen LogP contribution < -0.4 is 0 Å². The lowest BCUT2D eigenvalue weighted by Crippen LogP contribution is -2.12. The van der Waals surface area contributed by atoms with E-state index >= 15 is 0 Å². The number of pyridine rings is 1. The number of hydrogen-bond donors (Lipinski definition) is 0. The highest BCUT2D eigenvalue weighted by Gasteiger charge is 2.38. The van der Waals surface area contributed by atoms with Gasteiger partial charge >= 0.3 is 6.18 Å². The summed E-state index contributed by atoms with van der Waals surface area (Å²) in [5.74, 6) is -0.0752. The predicted octanol–water partition coefficient (Wildman–Crippen LogP) is 5.60. The van der Waals surface area contributed by atoms with Crippen molar-refractivity contribution in [2.45, 2.75) is 44.3 Å². The SMILES string of the molecule is CC(=O)CCCn1cc(-c2cn(S(=O)(=O)c3ccc(C)cc3)c3ncc(Br)cc23)c(C(F)(F)F)n1. The van der Waals surface area contributed by atoms with Gasteiger partial charge in [-0.05, 0) is 54.4 Å². The lowest BCUT2D eigenvalue weighted by Gasteiger charge is -2.07. The van der Waals surface area contributed by atoms with Gasteiger partial charge in [-0.25, -0.2) is 17.4 Å². The van der Waals surface area contributed by atoms with Crippen molar-refractivity contribution in [3.63, 3.8) is 0 Å².